The molecule has 0 aliphatic heterocycles. The quantitative estimate of drug-likeness (QED) is 0.911. The summed E-state index contributed by atoms with van der Waals surface area (Å²) in [6.07, 6.45) is 6.12. The molecule has 1 amide bonds. The zero-order valence-corrected chi connectivity index (χ0v) is 13.7. The standard InChI is InChI=1S/C19H25N3O/c1-13-11-16(15-9-5-6-10-17(15)21-13)19(23)22-18(12-20)14-7-3-2-4-8-14/h5-6,9-11,14,18H,2-4,7-8,12,20H2,1H3,(H,22,23). The number of carbonyl (C=O) groups is 1. The Kier molecular flexibility index (Phi) is 4.91. The molecule has 1 aliphatic rings. The van der Waals surface area contributed by atoms with E-state index in [1.807, 2.05) is 37.3 Å². The van der Waals surface area contributed by atoms with Gasteiger partial charge in [-0.2, -0.15) is 0 Å². The molecule has 4 nitrogen and oxygen atoms in total. The average Bonchev–Trinajstić information content (AvgIpc) is 2.59. The first-order chi connectivity index (χ1) is 11.2. The van der Waals surface area contributed by atoms with Gasteiger partial charge in [0, 0.05) is 23.7 Å². The van der Waals surface area contributed by atoms with Crippen LogP contribution in [0, 0.1) is 12.8 Å². The predicted octanol–water partition coefficient (Wildman–Crippen LogP) is 3.18. The van der Waals surface area contributed by atoms with Crippen molar-refractivity contribution in [1.29, 1.82) is 0 Å². The minimum Gasteiger partial charge on any atom is -0.348 e. The van der Waals surface area contributed by atoms with Gasteiger partial charge in [0.05, 0.1) is 11.1 Å². The van der Waals surface area contributed by atoms with E-state index >= 15 is 0 Å². The van der Waals surface area contributed by atoms with Crippen LogP contribution in [0.1, 0.15) is 48.2 Å². The highest BCUT2D eigenvalue weighted by Gasteiger charge is 2.25. The van der Waals surface area contributed by atoms with Gasteiger partial charge >= 0.3 is 0 Å². The van der Waals surface area contributed by atoms with E-state index in [4.69, 9.17) is 5.73 Å². The fraction of sp³-hybridized carbons (Fsp3) is 0.474. The summed E-state index contributed by atoms with van der Waals surface area (Å²) in [7, 11) is 0. The van der Waals surface area contributed by atoms with Gasteiger partial charge < -0.3 is 11.1 Å². The fourth-order valence-corrected chi connectivity index (χ4v) is 3.65. The maximum atomic E-state index is 12.8. The highest BCUT2D eigenvalue weighted by atomic mass is 16.1. The molecule has 0 spiro atoms. The Hall–Kier alpha value is -1.94. The normalized spacial score (nSPS) is 17.1. The van der Waals surface area contributed by atoms with Crippen LogP contribution in [0.4, 0.5) is 0 Å². The molecule has 1 unspecified atom stereocenters. The zero-order valence-electron chi connectivity index (χ0n) is 13.7. The third-order valence-corrected chi connectivity index (χ3v) is 4.88. The molecule has 4 heteroatoms. The molecular weight excluding hydrogens is 286 g/mol. The van der Waals surface area contributed by atoms with Crippen molar-refractivity contribution in [3.8, 4) is 0 Å². The molecule has 2 aromatic rings. The van der Waals surface area contributed by atoms with E-state index in [2.05, 4.69) is 10.3 Å². The molecule has 1 heterocycles. The van der Waals surface area contributed by atoms with Crippen LogP contribution < -0.4 is 11.1 Å². The fourth-order valence-electron chi connectivity index (χ4n) is 3.65. The van der Waals surface area contributed by atoms with Crippen molar-refractivity contribution in [2.75, 3.05) is 6.54 Å². The minimum atomic E-state index is -0.0345. The van der Waals surface area contributed by atoms with Crippen LogP contribution in [0.5, 0.6) is 0 Å². The van der Waals surface area contributed by atoms with Crippen LogP contribution in [-0.4, -0.2) is 23.5 Å². The summed E-state index contributed by atoms with van der Waals surface area (Å²) < 4.78 is 0. The van der Waals surface area contributed by atoms with Gasteiger partial charge in [-0.1, -0.05) is 37.5 Å². The average molecular weight is 311 g/mol. The second kappa shape index (κ2) is 7.09. The largest absolute Gasteiger partial charge is 0.348 e. The Morgan fingerprint density at radius 2 is 2.04 bits per heavy atom. The molecule has 23 heavy (non-hydrogen) atoms. The van der Waals surface area contributed by atoms with Crippen molar-refractivity contribution >= 4 is 16.8 Å². The number of rotatable bonds is 4. The van der Waals surface area contributed by atoms with Gasteiger partial charge in [0.15, 0.2) is 0 Å². The summed E-state index contributed by atoms with van der Waals surface area (Å²) in [5.41, 5.74) is 8.36. The van der Waals surface area contributed by atoms with Crippen LogP contribution in [0.3, 0.4) is 0 Å². The SMILES string of the molecule is Cc1cc(C(=O)NC(CN)C2CCCCC2)c2ccccc2n1. The molecule has 3 N–H and O–H groups in total. The highest BCUT2D eigenvalue weighted by molar-refractivity contribution is 6.06. The molecule has 0 saturated heterocycles. The van der Waals surface area contributed by atoms with Crippen molar-refractivity contribution in [2.45, 2.75) is 45.1 Å². The molecule has 1 aromatic carbocycles. The number of amides is 1. The maximum Gasteiger partial charge on any atom is 0.252 e. The van der Waals surface area contributed by atoms with Crippen molar-refractivity contribution < 1.29 is 4.79 Å². The first-order valence-electron chi connectivity index (χ1n) is 8.56. The lowest BCUT2D eigenvalue weighted by Gasteiger charge is -2.30. The van der Waals surface area contributed by atoms with E-state index in [-0.39, 0.29) is 11.9 Å². The first-order valence-corrected chi connectivity index (χ1v) is 8.56. The Balaban J connectivity index is 1.84. The zero-order chi connectivity index (χ0) is 16.2. The van der Waals surface area contributed by atoms with E-state index in [1.54, 1.807) is 0 Å². The first kappa shape index (κ1) is 15.9. The molecule has 1 fully saturated rings. The number of aryl methyl sites for hydroxylation is 1. The Bertz CT molecular complexity index is 692. The lowest BCUT2D eigenvalue weighted by Crippen LogP contribution is -2.46. The molecule has 1 saturated carbocycles. The van der Waals surface area contributed by atoms with Crippen LogP contribution in [0.2, 0.25) is 0 Å². The summed E-state index contributed by atoms with van der Waals surface area (Å²) in [4.78, 5) is 17.3. The van der Waals surface area contributed by atoms with E-state index < -0.39 is 0 Å². The monoisotopic (exact) mass is 311 g/mol. The van der Waals surface area contributed by atoms with Gasteiger partial charge in [-0.25, -0.2) is 0 Å². The Morgan fingerprint density at radius 3 is 2.78 bits per heavy atom. The summed E-state index contributed by atoms with van der Waals surface area (Å²) in [6, 6.07) is 9.72. The van der Waals surface area contributed by atoms with Gasteiger partial charge in [-0.05, 0) is 37.8 Å². The smallest absolute Gasteiger partial charge is 0.252 e. The number of nitrogens with one attached hydrogen (secondary N) is 1. The summed E-state index contributed by atoms with van der Waals surface area (Å²) in [5.74, 6) is 0.472. The third kappa shape index (κ3) is 3.53. The number of para-hydroxylation sites is 1. The number of fused-ring (bicyclic) bond motifs is 1. The Labute approximate surface area is 137 Å². The maximum absolute atomic E-state index is 12.8. The molecule has 0 bridgehead atoms. The second-order valence-electron chi connectivity index (χ2n) is 6.54. The molecule has 0 radical (unpaired) electrons. The molecule has 1 atom stereocenters. The molecule has 122 valence electrons. The third-order valence-electron chi connectivity index (χ3n) is 4.88. The number of nitrogens with two attached hydrogens (primary N) is 1. The van der Waals surface area contributed by atoms with Crippen molar-refractivity contribution in [1.82, 2.24) is 10.3 Å². The molecule has 1 aliphatic carbocycles. The molecule has 3 rings (SSSR count). The van der Waals surface area contributed by atoms with Crippen molar-refractivity contribution in [3.63, 3.8) is 0 Å². The van der Waals surface area contributed by atoms with Gasteiger partial charge in [0.1, 0.15) is 0 Å². The topological polar surface area (TPSA) is 68.0 Å². The van der Waals surface area contributed by atoms with E-state index in [1.165, 1.54) is 19.3 Å². The number of nitrogens with zero attached hydrogens (tertiary/aromatic N) is 1. The number of benzene rings is 1. The van der Waals surface area contributed by atoms with Crippen LogP contribution in [0.15, 0.2) is 30.3 Å². The van der Waals surface area contributed by atoms with E-state index in [9.17, 15) is 4.79 Å². The summed E-state index contributed by atoms with van der Waals surface area (Å²) in [5, 5.41) is 4.08. The number of hydrogen-bond donors (Lipinski definition) is 2. The summed E-state index contributed by atoms with van der Waals surface area (Å²) in [6.45, 7) is 2.42. The molecular formula is C19H25N3O. The predicted molar refractivity (Wildman–Crippen MR) is 93.4 cm³/mol. The van der Waals surface area contributed by atoms with E-state index in [0.29, 0.717) is 18.0 Å². The van der Waals surface area contributed by atoms with Gasteiger partial charge in [-0.15, -0.1) is 0 Å². The van der Waals surface area contributed by atoms with Gasteiger partial charge in [0.25, 0.3) is 5.91 Å². The van der Waals surface area contributed by atoms with Gasteiger partial charge in [0.2, 0.25) is 0 Å². The number of hydrogen-bond acceptors (Lipinski definition) is 3. The number of carbonyl (C=O) groups excluding carboxylic acids is 1. The van der Waals surface area contributed by atoms with Crippen molar-refractivity contribution in [2.24, 2.45) is 11.7 Å². The van der Waals surface area contributed by atoms with Gasteiger partial charge in [-0.3, -0.25) is 9.78 Å². The van der Waals surface area contributed by atoms with Crippen LogP contribution in [-0.2, 0) is 0 Å². The highest BCUT2D eigenvalue weighted by Crippen LogP contribution is 2.26. The lowest BCUT2D eigenvalue weighted by molar-refractivity contribution is 0.0917. The summed E-state index contributed by atoms with van der Waals surface area (Å²) >= 11 is 0. The number of pyridine rings is 1. The number of aromatic nitrogens is 1. The minimum absolute atomic E-state index is 0.0345. The molecule has 1 aromatic heterocycles. The van der Waals surface area contributed by atoms with Crippen molar-refractivity contribution in [3.05, 3.63) is 41.6 Å². The Morgan fingerprint density at radius 1 is 1.30 bits per heavy atom. The second-order valence-corrected chi connectivity index (χ2v) is 6.54. The lowest BCUT2D eigenvalue weighted by atomic mass is 9.83. The van der Waals surface area contributed by atoms with Crippen LogP contribution in [0.25, 0.3) is 10.9 Å². The van der Waals surface area contributed by atoms with Crippen LogP contribution >= 0.6 is 0 Å². The van der Waals surface area contributed by atoms with E-state index in [0.717, 1.165) is 29.4 Å².